The molecule has 9 heteroatoms. The first-order valence-electron chi connectivity index (χ1n) is 11.1. The van der Waals surface area contributed by atoms with Gasteiger partial charge in [-0.25, -0.2) is 4.98 Å². The number of aromatic amines is 1. The number of carbonyl (C=O) groups is 1. The number of nitrogens with one attached hydrogen (secondary N) is 1. The summed E-state index contributed by atoms with van der Waals surface area (Å²) in [7, 11) is 1.63. The number of hydrogen-bond donors (Lipinski definition) is 1. The largest absolute Gasteiger partial charge is 0.497 e. The van der Waals surface area contributed by atoms with Crippen LogP contribution in [-0.4, -0.2) is 54.1 Å². The lowest BCUT2D eigenvalue weighted by Gasteiger charge is -2.37. The summed E-state index contributed by atoms with van der Waals surface area (Å²) >= 11 is 7.59. The molecule has 2 heterocycles. The van der Waals surface area contributed by atoms with Crippen molar-refractivity contribution in [3.63, 3.8) is 0 Å². The predicted octanol–water partition coefficient (Wildman–Crippen LogP) is 3.92. The van der Waals surface area contributed by atoms with Gasteiger partial charge < -0.3 is 19.5 Å². The summed E-state index contributed by atoms with van der Waals surface area (Å²) in [6.07, 6.45) is 0.104. The Hall–Kier alpha value is -2.97. The van der Waals surface area contributed by atoms with E-state index in [0.29, 0.717) is 34.7 Å². The Morgan fingerprint density at radius 3 is 2.71 bits per heavy atom. The average molecular weight is 499 g/mol. The van der Waals surface area contributed by atoms with Gasteiger partial charge in [-0.05, 0) is 42.3 Å². The Labute approximate surface area is 208 Å². The van der Waals surface area contributed by atoms with Gasteiger partial charge in [-0.3, -0.25) is 9.59 Å². The van der Waals surface area contributed by atoms with E-state index < -0.39 is 0 Å². The Morgan fingerprint density at radius 1 is 1.15 bits per heavy atom. The molecular weight excluding hydrogens is 472 g/mol. The molecule has 0 bridgehead atoms. The van der Waals surface area contributed by atoms with Crippen LogP contribution in [0, 0.1) is 6.92 Å². The number of hydrogen-bond acceptors (Lipinski definition) is 6. The number of aryl methyl sites for hydroxylation is 1. The van der Waals surface area contributed by atoms with E-state index in [-0.39, 0.29) is 17.9 Å². The fraction of sp³-hybridized carbons (Fsp3) is 0.320. The number of nitrogens with zero attached hydrogens (tertiary/aromatic N) is 3. The summed E-state index contributed by atoms with van der Waals surface area (Å²) in [5, 5.41) is 1.21. The van der Waals surface area contributed by atoms with Crippen LogP contribution < -0.4 is 15.2 Å². The van der Waals surface area contributed by atoms with Crippen molar-refractivity contribution in [1.29, 1.82) is 0 Å². The van der Waals surface area contributed by atoms with Gasteiger partial charge >= 0.3 is 0 Å². The Bertz CT molecular complexity index is 1220. The van der Waals surface area contributed by atoms with E-state index in [9.17, 15) is 9.59 Å². The van der Waals surface area contributed by atoms with E-state index in [4.69, 9.17) is 16.3 Å². The Balaban J connectivity index is 1.35. The molecule has 0 aliphatic carbocycles. The second kappa shape index (κ2) is 11.0. The van der Waals surface area contributed by atoms with Gasteiger partial charge in [0.05, 0.1) is 19.2 Å². The smallest absolute Gasteiger partial charge is 0.251 e. The number of ether oxygens (including phenoxy) is 1. The fourth-order valence-corrected chi connectivity index (χ4v) is 4.95. The highest BCUT2D eigenvalue weighted by Gasteiger charge is 2.23. The number of thioether (sulfide) groups is 1. The maximum absolute atomic E-state index is 12.9. The van der Waals surface area contributed by atoms with Gasteiger partial charge in [0.25, 0.3) is 5.56 Å². The van der Waals surface area contributed by atoms with Crippen molar-refractivity contribution in [2.75, 3.05) is 38.2 Å². The summed E-state index contributed by atoms with van der Waals surface area (Å²) in [6.45, 7) is 4.76. The van der Waals surface area contributed by atoms with Crippen molar-refractivity contribution in [2.45, 2.75) is 24.3 Å². The molecule has 1 aliphatic heterocycles. The molecule has 34 heavy (non-hydrogen) atoms. The van der Waals surface area contributed by atoms with Crippen molar-refractivity contribution < 1.29 is 9.53 Å². The van der Waals surface area contributed by atoms with E-state index in [1.165, 1.54) is 17.8 Å². The lowest BCUT2D eigenvalue weighted by molar-refractivity contribution is -0.130. The number of amides is 1. The minimum atomic E-state index is -0.257. The van der Waals surface area contributed by atoms with Gasteiger partial charge in [0.2, 0.25) is 5.91 Å². The second-order valence-electron chi connectivity index (χ2n) is 8.16. The maximum Gasteiger partial charge on any atom is 0.251 e. The summed E-state index contributed by atoms with van der Waals surface area (Å²) in [5.74, 6) is 1.39. The highest BCUT2D eigenvalue weighted by molar-refractivity contribution is 7.98. The van der Waals surface area contributed by atoms with Gasteiger partial charge in [0, 0.05) is 48.7 Å². The van der Waals surface area contributed by atoms with Crippen molar-refractivity contribution in [3.05, 3.63) is 80.7 Å². The second-order valence-corrected chi connectivity index (χ2v) is 9.56. The van der Waals surface area contributed by atoms with Crippen molar-refractivity contribution in [3.8, 4) is 5.75 Å². The number of H-pyrrole nitrogens is 1. The van der Waals surface area contributed by atoms with Crippen LogP contribution in [0.3, 0.4) is 0 Å². The summed E-state index contributed by atoms with van der Waals surface area (Å²) in [5.41, 5.74) is 3.55. The lowest BCUT2D eigenvalue weighted by atomic mass is 10.1. The topological polar surface area (TPSA) is 78.5 Å². The quantitative estimate of drug-likeness (QED) is 0.393. The fourth-order valence-electron chi connectivity index (χ4n) is 3.94. The minimum absolute atomic E-state index is 0.0238. The average Bonchev–Trinajstić information content (AvgIpc) is 2.84. The van der Waals surface area contributed by atoms with Crippen LogP contribution in [0.2, 0.25) is 5.02 Å². The molecule has 1 aromatic heterocycles. The SMILES string of the molecule is COc1cccc(CSc2nc(CC(=O)N3CCN(c4cc(Cl)ccc4C)CC3)cc(=O)[nH]2)c1. The Kier molecular flexibility index (Phi) is 7.80. The van der Waals surface area contributed by atoms with E-state index in [1.54, 1.807) is 7.11 Å². The molecule has 178 valence electrons. The number of aromatic nitrogens is 2. The van der Waals surface area contributed by atoms with Crippen LogP contribution in [0.1, 0.15) is 16.8 Å². The molecular formula is C25H27ClN4O3S. The number of rotatable bonds is 7. The van der Waals surface area contributed by atoms with Crippen LogP contribution in [0.5, 0.6) is 5.75 Å². The van der Waals surface area contributed by atoms with Crippen LogP contribution in [0.25, 0.3) is 0 Å². The van der Waals surface area contributed by atoms with Gasteiger partial charge in [-0.1, -0.05) is 41.6 Å². The van der Waals surface area contributed by atoms with Crippen molar-refractivity contribution >= 4 is 35.0 Å². The van der Waals surface area contributed by atoms with E-state index in [2.05, 4.69) is 21.8 Å². The molecule has 0 atom stereocenters. The molecule has 7 nitrogen and oxygen atoms in total. The third-order valence-electron chi connectivity index (χ3n) is 5.76. The number of anilines is 1. The number of methoxy groups -OCH3 is 1. The third-order valence-corrected chi connectivity index (χ3v) is 6.94. The first kappa shape index (κ1) is 24.2. The zero-order valence-corrected chi connectivity index (χ0v) is 20.8. The monoisotopic (exact) mass is 498 g/mol. The van der Waals surface area contributed by atoms with Gasteiger partial charge in [0.1, 0.15) is 5.75 Å². The molecule has 1 aliphatic rings. The summed E-state index contributed by atoms with van der Waals surface area (Å²) in [4.78, 5) is 36.4. The first-order chi connectivity index (χ1) is 16.4. The maximum atomic E-state index is 12.9. The molecule has 4 rings (SSSR count). The third kappa shape index (κ3) is 6.12. The highest BCUT2D eigenvalue weighted by Crippen LogP contribution is 2.25. The normalized spacial score (nSPS) is 13.7. The van der Waals surface area contributed by atoms with Crippen LogP contribution >= 0.6 is 23.4 Å². The minimum Gasteiger partial charge on any atom is -0.497 e. The molecule has 3 aromatic rings. The zero-order valence-electron chi connectivity index (χ0n) is 19.2. The van der Waals surface area contributed by atoms with Gasteiger partial charge in [0.15, 0.2) is 5.16 Å². The number of piperazine rings is 1. The van der Waals surface area contributed by atoms with Crippen LogP contribution in [0.4, 0.5) is 5.69 Å². The van der Waals surface area contributed by atoms with E-state index >= 15 is 0 Å². The standard InChI is InChI=1S/C25H27ClN4O3S/c1-17-6-7-19(26)13-22(17)29-8-10-30(11-9-29)24(32)15-20-14-23(31)28-25(27-20)34-16-18-4-3-5-21(12-18)33-2/h3-7,12-14H,8-11,15-16H2,1-2H3,(H,27,28,31). The lowest BCUT2D eigenvalue weighted by Crippen LogP contribution is -2.49. The molecule has 0 unspecified atom stereocenters. The molecule has 1 fully saturated rings. The number of carbonyl (C=O) groups excluding carboxylic acids is 1. The summed E-state index contributed by atoms with van der Waals surface area (Å²) in [6, 6.07) is 15.0. The van der Waals surface area contributed by atoms with Crippen LogP contribution in [-0.2, 0) is 17.0 Å². The molecule has 0 spiro atoms. The molecule has 0 saturated carbocycles. The van der Waals surface area contributed by atoms with E-state index in [1.807, 2.05) is 47.4 Å². The molecule has 2 aromatic carbocycles. The van der Waals surface area contributed by atoms with E-state index in [0.717, 1.165) is 35.7 Å². The van der Waals surface area contributed by atoms with Crippen LogP contribution in [0.15, 0.2) is 58.5 Å². The first-order valence-corrected chi connectivity index (χ1v) is 12.4. The predicted molar refractivity (Wildman–Crippen MR) is 136 cm³/mol. The van der Waals surface area contributed by atoms with Crippen molar-refractivity contribution in [1.82, 2.24) is 14.9 Å². The van der Waals surface area contributed by atoms with Gasteiger partial charge in [-0.2, -0.15) is 0 Å². The molecule has 1 N–H and O–H groups in total. The highest BCUT2D eigenvalue weighted by atomic mass is 35.5. The number of benzene rings is 2. The van der Waals surface area contributed by atoms with Gasteiger partial charge in [-0.15, -0.1) is 0 Å². The Morgan fingerprint density at radius 2 is 1.94 bits per heavy atom. The molecule has 0 radical (unpaired) electrons. The number of halogens is 1. The summed E-state index contributed by atoms with van der Waals surface area (Å²) < 4.78 is 5.26. The molecule has 1 saturated heterocycles. The molecule has 1 amide bonds. The zero-order chi connectivity index (χ0) is 24.1. The van der Waals surface area contributed by atoms with Crippen molar-refractivity contribution in [2.24, 2.45) is 0 Å².